The molecule has 0 aromatic rings. The molecule has 0 saturated heterocycles. The van der Waals surface area contributed by atoms with Crippen LogP contribution in [0.5, 0.6) is 0 Å². The van der Waals surface area contributed by atoms with Gasteiger partial charge in [-0.05, 0) is 136 Å². The van der Waals surface area contributed by atoms with E-state index in [0.717, 1.165) is 0 Å². The fourth-order valence-corrected chi connectivity index (χ4v) is 1.69. The van der Waals surface area contributed by atoms with Crippen molar-refractivity contribution in [3.05, 3.63) is 0 Å². The molecule has 0 heterocycles. The molecule has 0 atom stereocenters. The van der Waals surface area contributed by atoms with E-state index < -0.39 is -1.13 Å². The maximum atomic E-state index is 11.4. The number of alkyl halides is 6. The normalized spacial score (nSPS) is 12.4. The molecule has 0 spiro atoms. The molecule has 0 rings (SSSR count). The monoisotopic (exact) mass is 959 g/mol. The highest BCUT2D eigenvalue weighted by Crippen LogP contribution is 2.37. The third-order valence-electron chi connectivity index (χ3n) is 1.61. The van der Waals surface area contributed by atoms with E-state index in [9.17, 15) is 14.8 Å². The van der Waals surface area contributed by atoms with Gasteiger partial charge in [-0.1, -0.05) is 0 Å². The van der Waals surface area contributed by atoms with Crippen molar-refractivity contribution in [2.75, 3.05) is 26.3 Å². The fraction of sp³-hybridized carbons (Fsp3) is 0.750. The number of ether oxygens (including phenoxy) is 2. The number of esters is 2. The second-order valence-electron chi connectivity index (χ2n) is 3.20. The lowest BCUT2D eigenvalue weighted by atomic mass is 10.6. The molecular weight excluding hydrogens is 952 g/mol. The molecule has 0 fully saturated rings. The number of rotatable bonds is 8. The quantitative estimate of drug-likeness (QED) is 0.161. The second-order valence-corrected chi connectivity index (χ2v) is 25.3. The van der Waals surface area contributed by atoms with Crippen molar-refractivity contribution in [3.63, 3.8) is 0 Å². The van der Waals surface area contributed by atoms with Crippen LogP contribution in [0, 0.1) is 0 Å². The Labute approximate surface area is 198 Å². The largest absolute Gasteiger partial charge is 0.462 e. The van der Waals surface area contributed by atoms with E-state index in [2.05, 4.69) is 0 Å². The molecule has 117 valence electrons. The van der Waals surface area contributed by atoms with Gasteiger partial charge >= 0.3 is 11.9 Å². The molecule has 0 saturated carbocycles. The molecule has 6 nitrogen and oxygen atoms in total. The third-order valence-corrected chi connectivity index (χ3v) is 4.25. The summed E-state index contributed by atoms with van der Waals surface area (Å²) >= 11 is 11.7. The number of nitrogens with zero attached hydrogens (tertiary/aromatic N) is 1. The number of halogens is 6. The summed E-state index contributed by atoms with van der Waals surface area (Å²) in [5, 5.41) is 12.1. The zero-order chi connectivity index (χ0) is 16.0. The summed E-state index contributed by atoms with van der Waals surface area (Å²) in [7, 11) is 0. The predicted molar refractivity (Wildman–Crippen MR) is 124 cm³/mol. The van der Waals surface area contributed by atoms with Gasteiger partial charge in [-0.25, -0.2) is 9.59 Å². The Morgan fingerprint density at radius 1 is 0.800 bits per heavy atom. The molecule has 0 aromatic heterocycles. The Balaban J connectivity index is 3.78. The summed E-state index contributed by atoms with van der Waals surface area (Å²) in [5.74, 6) is -0.771. The lowest BCUT2D eigenvalue weighted by Gasteiger charge is -2.16. The SMILES string of the molecule is [O]N(CCOC(=O)C(I)(I)I)CCOC(=O)C(I)(I)I. The molecule has 0 N–H and O–H groups in total. The molecule has 1 radical (unpaired) electrons. The summed E-state index contributed by atoms with van der Waals surface area (Å²) in [6.45, 7) is 0.129. The highest BCUT2D eigenvalue weighted by molar-refractivity contribution is 14.3. The molecule has 0 aliphatic rings. The third kappa shape index (κ3) is 11.7. The molecule has 0 unspecified atom stereocenters. The minimum atomic E-state index is -0.666. The van der Waals surface area contributed by atoms with Gasteiger partial charge < -0.3 is 9.47 Å². The van der Waals surface area contributed by atoms with Crippen LogP contribution in [0.4, 0.5) is 0 Å². The standard InChI is InChI=1S/C8H8I6NO5/c9-7(10,11)5(16)19-3-1-15(18)2-4-20-6(17)8(12,13)14/h1-4H2. The van der Waals surface area contributed by atoms with Crippen LogP contribution in [0.2, 0.25) is 0 Å². The van der Waals surface area contributed by atoms with E-state index in [1.165, 1.54) is 0 Å². The molecule has 0 amide bonds. The average molecular weight is 960 g/mol. The number of hydroxylamine groups is 2. The Hall–Kier alpha value is 3.24. The smallest absolute Gasteiger partial charge is 0.342 e. The van der Waals surface area contributed by atoms with Crippen LogP contribution in [0.25, 0.3) is 0 Å². The first-order chi connectivity index (χ1) is 8.94. The maximum absolute atomic E-state index is 11.4. The number of hydrogen-bond donors (Lipinski definition) is 0. The van der Waals surface area contributed by atoms with Crippen LogP contribution in [0.15, 0.2) is 0 Å². The van der Waals surface area contributed by atoms with Crippen LogP contribution in [-0.4, -0.2) is 42.2 Å². The first-order valence-corrected chi connectivity index (χ1v) is 11.3. The molecule has 12 heteroatoms. The van der Waals surface area contributed by atoms with Crippen molar-refractivity contribution in [1.29, 1.82) is 0 Å². The molecule has 0 aromatic carbocycles. The highest BCUT2D eigenvalue weighted by Gasteiger charge is 2.31. The van der Waals surface area contributed by atoms with Gasteiger partial charge in [-0.2, -0.15) is 0 Å². The van der Waals surface area contributed by atoms with Gasteiger partial charge in [0.2, 0.25) is -1.13 Å². The first-order valence-electron chi connectivity index (χ1n) is 4.84. The van der Waals surface area contributed by atoms with Crippen LogP contribution < -0.4 is 0 Å². The van der Waals surface area contributed by atoms with Crippen LogP contribution in [0.1, 0.15) is 0 Å². The minimum absolute atomic E-state index is 0.0157. The van der Waals surface area contributed by atoms with Gasteiger partial charge in [0.1, 0.15) is 13.2 Å². The van der Waals surface area contributed by atoms with E-state index in [0.29, 0.717) is 5.06 Å². The summed E-state index contributed by atoms with van der Waals surface area (Å²) in [6.07, 6.45) is 0. The predicted octanol–water partition coefficient (Wildman–Crippen LogP) is 3.64. The highest BCUT2D eigenvalue weighted by atomic mass is 127. The van der Waals surface area contributed by atoms with E-state index in [1.807, 2.05) is 136 Å². The van der Waals surface area contributed by atoms with Crippen molar-refractivity contribution in [2.24, 2.45) is 0 Å². The minimum Gasteiger partial charge on any atom is -0.462 e. The molecule has 0 aliphatic carbocycles. The Morgan fingerprint density at radius 2 is 1.10 bits per heavy atom. The summed E-state index contributed by atoms with van der Waals surface area (Å²) < 4.78 is 8.56. The van der Waals surface area contributed by atoms with Crippen LogP contribution in [-0.2, 0) is 24.3 Å². The van der Waals surface area contributed by atoms with Gasteiger partial charge in [0, 0.05) is 0 Å². The topological polar surface area (TPSA) is 75.7 Å². The molecular formula is C8H8I6NO5. The van der Waals surface area contributed by atoms with Crippen LogP contribution in [0.3, 0.4) is 0 Å². The zero-order valence-electron chi connectivity index (χ0n) is 9.58. The Morgan fingerprint density at radius 3 is 1.35 bits per heavy atom. The van der Waals surface area contributed by atoms with E-state index in [1.54, 1.807) is 0 Å². The summed E-state index contributed by atoms with van der Waals surface area (Å²) in [4.78, 5) is 22.8. The first kappa shape index (κ1) is 23.2. The summed E-state index contributed by atoms with van der Waals surface area (Å²) in [6, 6.07) is 0. The number of hydrogen-bond acceptors (Lipinski definition) is 5. The molecule has 0 bridgehead atoms. The van der Waals surface area contributed by atoms with Gasteiger partial charge in [-0.15, -0.1) is 10.3 Å². The fourth-order valence-electron chi connectivity index (χ4n) is 0.756. The van der Waals surface area contributed by atoms with Crippen LogP contribution >= 0.6 is 136 Å². The number of carbonyl (C=O) groups is 2. The Kier molecular flexibility index (Phi) is 12.7. The van der Waals surface area contributed by atoms with Crippen molar-refractivity contribution in [1.82, 2.24) is 5.06 Å². The van der Waals surface area contributed by atoms with Gasteiger partial charge in [0.05, 0.1) is 13.1 Å². The van der Waals surface area contributed by atoms with E-state index in [-0.39, 0.29) is 38.2 Å². The van der Waals surface area contributed by atoms with Crippen molar-refractivity contribution in [3.8, 4) is 0 Å². The van der Waals surface area contributed by atoms with Gasteiger partial charge in [-0.3, -0.25) is 0 Å². The molecule has 20 heavy (non-hydrogen) atoms. The zero-order valence-corrected chi connectivity index (χ0v) is 22.5. The Bertz CT molecular complexity index is 309. The number of carbonyl (C=O) groups excluding carboxylic acids is 2. The average Bonchev–Trinajstić information content (AvgIpc) is 2.26. The summed E-state index contributed by atoms with van der Waals surface area (Å²) in [5.41, 5.74) is 0. The van der Waals surface area contributed by atoms with Gasteiger partial charge in [0.25, 0.3) is 0 Å². The maximum Gasteiger partial charge on any atom is 0.342 e. The lowest BCUT2D eigenvalue weighted by Crippen LogP contribution is -2.31. The van der Waals surface area contributed by atoms with Crippen molar-refractivity contribution in [2.45, 2.75) is -1.13 Å². The van der Waals surface area contributed by atoms with E-state index >= 15 is 0 Å². The lowest BCUT2D eigenvalue weighted by molar-refractivity contribution is -0.177. The van der Waals surface area contributed by atoms with Crippen molar-refractivity contribution >= 4 is 147 Å². The second kappa shape index (κ2) is 11.0. The van der Waals surface area contributed by atoms with Crippen molar-refractivity contribution < 1.29 is 24.3 Å². The van der Waals surface area contributed by atoms with E-state index in [4.69, 9.17) is 9.47 Å². The van der Waals surface area contributed by atoms with Gasteiger partial charge in [0.15, 0.2) is 0 Å². The molecule has 0 aliphatic heterocycles.